The smallest absolute Gasteiger partial charge is 0.122 e. The van der Waals surface area contributed by atoms with Crippen LogP contribution in [0.3, 0.4) is 0 Å². The standard InChI is InChI=1S/C14H23NO/c1-5-15-13(4)8-9-16-14-7-6-11(2)10-12(14)3/h6-7,10,13,15H,5,8-9H2,1-4H3. The van der Waals surface area contributed by atoms with E-state index in [1.165, 1.54) is 11.1 Å². The van der Waals surface area contributed by atoms with Crippen LogP contribution in [0, 0.1) is 13.8 Å². The van der Waals surface area contributed by atoms with E-state index in [4.69, 9.17) is 4.74 Å². The summed E-state index contributed by atoms with van der Waals surface area (Å²) in [6, 6.07) is 6.83. The molecule has 1 aromatic rings. The lowest BCUT2D eigenvalue weighted by molar-refractivity contribution is 0.289. The van der Waals surface area contributed by atoms with Gasteiger partial charge in [0.15, 0.2) is 0 Å². The van der Waals surface area contributed by atoms with E-state index in [0.29, 0.717) is 6.04 Å². The van der Waals surface area contributed by atoms with Gasteiger partial charge in [-0.05, 0) is 45.4 Å². The molecule has 0 radical (unpaired) electrons. The number of aryl methyl sites for hydroxylation is 2. The lowest BCUT2D eigenvalue weighted by atomic mass is 10.1. The average Bonchev–Trinajstić information content (AvgIpc) is 2.22. The van der Waals surface area contributed by atoms with Gasteiger partial charge in [-0.15, -0.1) is 0 Å². The van der Waals surface area contributed by atoms with Crippen LogP contribution in [0.25, 0.3) is 0 Å². The Balaban J connectivity index is 2.37. The molecule has 0 saturated carbocycles. The Morgan fingerprint density at radius 2 is 2.06 bits per heavy atom. The Hall–Kier alpha value is -1.02. The number of ether oxygens (including phenoxy) is 1. The highest BCUT2D eigenvalue weighted by Gasteiger charge is 2.02. The van der Waals surface area contributed by atoms with E-state index in [9.17, 15) is 0 Å². The van der Waals surface area contributed by atoms with Crippen LogP contribution >= 0.6 is 0 Å². The van der Waals surface area contributed by atoms with Gasteiger partial charge in [0.05, 0.1) is 6.61 Å². The number of hydrogen-bond acceptors (Lipinski definition) is 2. The first kappa shape index (κ1) is 13.0. The van der Waals surface area contributed by atoms with E-state index in [2.05, 4.69) is 51.2 Å². The molecule has 90 valence electrons. The van der Waals surface area contributed by atoms with Crippen molar-refractivity contribution in [3.63, 3.8) is 0 Å². The van der Waals surface area contributed by atoms with E-state index in [0.717, 1.165) is 25.3 Å². The van der Waals surface area contributed by atoms with Crippen molar-refractivity contribution in [2.45, 2.75) is 40.2 Å². The molecule has 0 aromatic heterocycles. The Bertz CT molecular complexity index is 323. The van der Waals surface area contributed by atoms with Gasteiger partial charge >= 0.3 is 0 Å². The van der Waals surface area contributed by atoms with Crippen molar-refractivity contribution < 1.29 is 4.74 Å². The predicted octanol–water partition coefficient (Wildman–Crippen LogP) is 3.07. The summed E-state index contributed by atoms with van der Waals surface area (Å²) in [5.74, 6) is 1.01. The SMILES string of the molecule is CCNC(C)CCOc1ccc(C)cc1C. The molecule has 2 heteroatoms. The quantitative estimate of drug-likeness (QED) is 0.797. The largest absolute Gasteiger partial charge is 0.493 e. The summed E-state index contributed by atoms with van der Waals surface area (Å²) in [6.45, 7) is 10.3. The van der Waals surface area contributed by atoms with Crippen molar-refractivity contribution >= 4 is 0 Å². The van der Waals surface area contributed by atoms with Gasteiger partial charge in [-0.2, -0.15) is 0 Å². The third-order valence-corrected chi connectivity index (χ3v) is 2.69. The zero-order valence-electron chi connectivity index (χ0n) is 10.8. The van der Waals surface area contributed by atoms with Gasteiger partial charge in [0.25, 0.3) is 0 Å². The Morgan fingerprint density at radius 3 is 2.69 bits per heavy atom. The molecule has 0 aliphatic heterocycles. The van der Waals surface area contributed by atoms with Gasteiger partial charge in [-0.3, -0.25) is 0 Å². The molecule has 0 heterocycles. The molecule has 0 fully saturated rings. The number of benzene rings is 1. The number of nitrogens with one attached hydrogen (secondary N) is 1. The van der Waals surface area contributed by atoms with Crippen molar-refractivity contribution in [3.8, 4) is 5.75 Å². The lowest BCUT2D eigenvalue weighted by Crippen LogP contribution is -2.27. The van der Waals surface area contributed by atoms with Gasteiger partial charge < -0.3 is 10.1 Å². The van der Waals surface area contributed by atoms with Crippen molar-refractivity contribution in [3.05, 3.63) is 29.3 Å². The van der Waals surface area contributed by atoms with E-state index in [-0.39, 0.29) is 0 Å². The molecule has 0 aliphatic carbocycles. The molecule has 1 rings (SSSR count). The molecule has 1 unspecified atom stereocenters. The average molecular weight is 221 g/mol. The predicted molar refractivity (Wildman–Crippen MR) is 69.2 cm³/mol. The minimum absolute atomic E-state index is 0.524. The third kappa shape index (κ3) is 4.23. The summed E-state index contributed by atoms with van der Waals surface area (Å²) in [5.41, 5.74) is 2.50. The summed E-state index contributed by atoms with van der Waals surface area (Å²) in [7, 11) is 0. The Morgan fingerprint density at radius 1 is 1.31 bits per heavy atom. The second kappa shape index (κ2) is 6.54. The molecule has 0 spiro atoms. The molecular formula is C14H23NO. The molecule has 1 atom stereocenters. The summed E-state index contributed by atoms with van der Waals surface area (Å²) in [5, 5.41) is 3.38. The maximum Gasteiger partial charge on any atom is 0.122 e. The van der Waals surface area contributed by atoms with Crippen LogP contribution in [-0.4, -0.2) is 19.2 Å². The van der Waals surface area contributed by atoms with Crippen molar-refractivity contribution in [2.24, 2.45) is 0 Å². The molecule has 0 aliphatic rings. The normalized spacial score (nSPS) is 12.5. The minimum atomic E-state index is 0.524. The molecule has 2 nitrogen and oxygen atoms in total. The fraction of sp³-hybridized carbons (Fsp3) is 0.571. The Kier molecular flexibility index (Phi) is 5.33. The maximum atomic E-state index is 5.77. The first-order valence-corrected chi connectivity index (χ1v) is 6.07. The van der Waals surface area contributed by atoms with Crippen LogP contribution in [-0.2, 0) is 0 Å². The molecule has 0 bridgehead atoms. The molecule has 1 N–H and O–H groups in total. The van der Waals surface area contributed by atoms with Gasteiger partial charge in [0.2, 0.25) is 0 Å². The zero-order chi connectivity index (χ0) is 12.0. The van der Waals surface area contributed by atoms with Crippen LogP contribution in [0.2, 0.25) is 0 Å². The maximum absolute atomic E-state index is 5.77. The van der Waals surface area contributed by atoms with Crippen molar-refractivity contribution in [2.75, 3.05) is 13.2 Å². The first-order chi connectivity index (χ1) is 7.63. The second-order valence-electron chi connectivity index (χ2n) is 4.36. The fourth-order valence-electron chi connectivity index (χ4n) is 1.76. The molecule has 0 saturated heterocycles. The highest BCUT2D eigenvalue weighted by atomic mass is 16.5. The Labute approximate surface area is 99.0 Å². The zero-order valence-corrected chi connectivity index (χ0v) is 10.8. The van der Waals surface area contributed by atoms with E-state index >= 15 is 0 Å². The van der Waals surface area contributed by atoms with Crippen LogP contribution < -0.4 is 10.1 Å². The van der Waals surface area contributed by atoms with Gasteiger partial charge in [-0.1, -0.05) is 24.6 Å². The monoisotopic (exact) mass is 221 g/mol. The summed E-state index contributed by atoms with van der Waals surface area (Å²) < 4.78 is 5.77. The highest BCUT2D eigenvalue weighted by Crippen LogP contribution is 2.18. The van der Waals surface area contributed by atoms with Gasteiger partial charge in [0.1, 0.15) is 5.75 Å². The minimum Gasteiger partial charge on any atom is -0.493 e. The van der Waals surface area contributed by atoms with Crippen LogP contribution in [0.5, 0.6) is 5.75 Å². The third-order valence-electron chi connectivity index (χ3n) is 2.69. The molecule has 16 heavy (non-hydrogen) atoms. The van der Waals surface area contributed by atoms with Crippen LogP contribution in [0.1, 0.15) is 31.4 Å². The summed E-state index contributed by atoms with van der Waals surface area (Å²) >= 11 is 0. The molecular weight excluding hydrogens is 198 g/mol. The number of rotatable bonds is 6. The van der Waals surface area contributed by atoms with Crippen molar-refractivity contribution in [1.82, 2.24) is 5.32 Å². The summed E-state index contributed by atoms with van der Waals surface area (Å²) in [4.78, 5) is 0. The summed E-state index contributed by atoms with van der Waals surface area (Å²) in [6.07, 6.45) is 1.04. The van der Waals surface area contributed by atoms with E-state index < -0.39 is 0 Å². The van der Waals surface area contributed by atoms with Gasteiger partial charge in [0, 0.05) is 6.04 Å². The fourth-order valence-corrected chi connectivity index (χ4v) is 1.76. The lowest BCUT2D eigenvalue weighted by Gasteiger charge is -2.14. The number of hydrogen-bond donors (Lipinski definition) is 1. The second-order valence-corrected chi connectivity index (χ2v) is 4.36. The van der Waals surface area contributed by atoms with E-state index in [1.54, 1.807) is 0 Å². The molecule has 1 aromatic carbocycles. The van der Waals surface area contributed by atoms with E-state index in [1.807, 2.05) is 0 Å². The van der Waals surface area contributed by atoms with Gasteiger partial charge in [-0.25, -0.2) is 0 Å². The molecule has 0 amide bonds. The highest BCUT2D eigenvalue weighted by molar-refractivity contribution is 5.35. The topological polar surface area (TPSA) is 21.3 Å². The van der Waals surface area contributed by atoms with Crippen LogP contribution in [0.15, 0.2) is 18.2 Å². The van der Waals surface area contributed by atoms with Crippen LogP contribution in [0.4, 0.5) is 0 Å². The van der Waals surface area contributed by atoms with Crippen molar-refractivity contribution in [1.29, 1.82) is 0 Å². The first-order valence-electron chi connectivity index (χ1n) is 6.07.